The van der Waals surface area contributed by atoms with E-state index in [1.165, 1.54) is 0 Å². The minimum absolute atomic E-state index is 0.372. The summed E-state index contributed by atoms with van der Waals surface area (Å²) in [5, 5.41) is 33.1. The summed E-state index contributed by atoms with van der Waals surface area (Å²) in [6, 6.07) is 10.5. The molecule has 1 fully saturated rings. The average molecular weight is 399 g/mol. The van der Waals surface area contributed by atoms with Crippen LogP contribution in [-0.4, -0.2) is 51.4 Å². The van der Waals surface area contributed by atoms with Crippen molar-refractivity contribution in [2.75, 3.05) is 11.9 Å². The first-order valence-corrected chi connectivity index (χ1v) is 9.13. The van der Waals surface area contributed by atoms with Crippen LogP contribution in [0.25, 0.3) is 22.2 Å². The van der Waals surface area contributed by atoms with Crippen LogP contribution in [0.4, 0.5) is 5.69 Å². The van der Waals surface area contributed by atoms with E-state index in [9.17, 15) is 15.0 Å². The van der Waals surface area contributed by atoms with Crippen LogP contribution >= 0.6 is 0 Å². The lowest BCUT2D eigenvalue weighted by Crippen LogP contribution is -2.62. The number of aryl methyl sites for hydroxylation is 1. The number of aliphatic hydroxyl groups is 3. The van der Waals surface area contributed by atoms with Gasteiger partial charge in [0.25, 0.3) is 0 Å². The Balaban J connectivity index is 1.65. The lowest BCUT2D eigenvalue weighted by molar-refractivity contribution is -0.197. The molecule has 3 unspecified atom stereocenters. The van der Waals surface area contributed by atoms with Gasteiger partial charge in [0.1, 0.15) is 30.1 Å². The summed E-state index contributed by atoms with van der Waals surface area (Å²) in [4.78, 5) is 21.9. The molecule has 4 rings (SSSR count). The molecule has 0 radical (unpaired) electrons. The van der Waals surface area contributed by atoms with Crippen LogP contribution in [0.15, 0.2) is 51.8 Å². The second-order valence-electron chi connectivity index (χ2n) is 6.88. The number of aromatic nitrogens is 1. The number of rotatable bonds is 4. The van der Waals surface area contributed by atoms with Crippen molar-refractivity contribution in [2.24, 2.45) is 0 Å². The quantitative estimate of drug-likeness (QED) is 0.398. The summed E-state index contributed by atoms with van der Waals surface area (Å²) in [5.41, 5.74) is 4.70. The summed E-state index contributed by atoms with van der Waals surface area (Å²) < 4.78 is 5.51. The highest BCUT2D eigenvalue weighted by atomic mass is 16.7. The molecule has 1 saturated heterocycles. The molecular formula is C20H21N3O6. The number of nitrogens with one attached hydrogen (secondary N) is 2. The molecule has 3 aromatic rings. The van der Waals surface area contributed by atoms with Crippen LogP contribution in [0.1, 0.15) is 5.56 Å². The molecule has 0 amide bonds. The molecule has 0 aliphatic carbocycles. The van der Waals surface area contributed by atoms with E-state index in [0.29, 0.717) is 22.5 Å². The lowest BCUT2D eigenvalue weighted by Gasteiger charge is -2.37. The third-order valence-electron chi connectivity index (χ3n) is 5.01. The first kappa shape index (κ1) is 19.5. The van der Waals surface area contributed by atoms with E-state index in [1.807, 2.05) is 6.92 Å². The fourth-order valence-electron chi connectivity index (χ4n) is 3.41. The summed E-state index contributed by atoms with van der Waals surface area (Å²) >= 11 is 0. The van der Waals surface area contributed by atoms with Crippen molar-refractivity contribution in [1.29, 1.82) is 0 Å². The molecule has 1 aliphatic heterocycles. The van der Waals surface area contributed by atoms with Crippen LogP contribution in [0.3, 0.4) is 0 Å². The molecule has 29 heavy (non-hydrogen) atoms. The third kappa shape index (κ3) is 3.61. The molecule has 3 heterocycles. The van der Waals surface area contributed by atoms with Gasteiger partial charge in [0.15, 0.2) is 0 Å². The zero-order valence-corrected chi connectivity index (χ0v) is 15.6. The number of hydrogen-bond donors (Lipinski definition) is 5. The van der Waals surface area contributed by atoms with Gasteiger partial charge in [-0.15, -0.1) is 0 Å². The maximum Gasteiger partial charge on any atom is 0.346 e. The fourth-order valence-corrected chi connectivity index (χ4v) is 3.41. The van der Waals surface area contributed by atoms with Gasteiger partial charge in [0, 0.05) is 23.3 Å². The van der Waals surface area contributed by atoms with Gasteiger partial charge in [0.05, 0.1) is 17.9 Å². The van der Waals surface area contributed by atoms with E-state index in [1.54, 1.807) is 42.6 Å². The molecular weight excluding hydrogens is 378 g/mol. The highest BCUT2D eigenvalue weighted by molar-refractivity contribution is 5.88. The van der Waals surface area contributed by atoms with Gasteiger partial charge in [-0.3, -0.25) is 9.82 Å². The highest BCUT2D eigenvalue weighted by Crippen LogP contribution is 2.28. The maximum atomic E-state index is 12.6. The van der Waals surface area contributed by atoms with E-state index in [-0.39, 0.29) is 0 Å². The lowest BCUT2D eigenvalue weighted by atomic mass is 10.0. The second-order valence-corrected chi connectivity index (χ2v) is 6.88. The van der Waals surface area contributed by atoms with E-state index in [0.717, 1.165) is 10.9 Å². The molecule has 5 N–H and O–H groups in total. The van der Waals surface area contributed by atoms with Crippen LogP contribution in [0, 0.1) is 6.92 Å². The topological polar surface area (TPSA) is 137 Å². The van der Waals surface area contributed by atoms with Gasteiger partial charge in [-0.2, -0.15) is 5.48 Å². The Morgan fingerprint density at radius 2 is 2.03 bits per heavy atom. The number of hydroxylamine groups is 1. The largest absolute Gasteiger partial charge is 0.422 e. The van der Waals surface area contributed by atoms with Gasteiger partial charge >= 0.3 is 5.63 Å². The maximum absolute atomic E-state index is 12.6. The number of benzene rings is 1. The standard InChI is InChI=1S/C20H21N3O6/c1-10-12-6-5-11(22-19-18(26)17(25)15(9-24)29-23-19)8-14(12)28-20(27)16(10)13-4-2-3-7-21-13/h2-8,15,17-19,22-26H,9H2,1H3/t15?,17-,18?,19?/m0/s1. The molecule has 0 bridgehead atoms. The smallest absolute Gasteiger partial charge is 0.346 e. The Hall–Kier alpha value is -2.82. The van der Waals surface area contributed by atoms with Crippen molar-refractivity contribution < 1.29 is 24.6 Å². The predicted octanol–water partition coefficient (Wildman–Crippen LogP) is 0.519. The van der Waals surface area contributed by atoms with Crippen molar-refractivity contribution in [3.63, 3.8) is 0 Å². The van der Waals surface area contributed by atoms with Gasteiger partial charge in [0.2, 0.25) is 0 Å². The zero-order chi connectivity index (χ0) is 20.5. The first-order chi connectivity index (χ1) is 14.0. The van der Waals surface area contributed by atoms with E-state index < -0.39 is 36.7 Å². The zero-order valence-electron chi connectivity index (χ0n) is 15.6. The Labute approximate surface area is 165 Å². The molecule has 152 valence electrons. The summed E-state index contributed by atoms with van der Waals surface area (Å²) in [6.45, 7) is 1.40. The number of hydrogen-bond acceptors (Lipinski definition) is 9. The molecule has 1 aliphatic rings. The Kier molecular flexibility index (Phi) is 5.31. The molecule has 2 aromatic heterocycles. The number of fused-ring (bicyclic) bond motifs is 1. The van der Waals surface area contributed by atoms with Crippen LogP contribution < -0.4 is 16.4 Å². The molecule has 9 heteroatoms. The summed E-state index contributed by atoms with van der Waals surface area (Å²) in [7, 11) is 0. The molecule has 9 nitrogen and oxygen atoms in total. The fraction of sp³-hybridized carbons (Fsp3) is 0.300. The average Bonchev–Trinajstić information content (AvgIpc) is 2.72. The molecule has 1 aromatic carbocycles. The molecule has 0 saturated carbocycles. The van der Waals surface area contributed by atoms with Crippen molar-refractivity contribution in [2.45, 2.75) is 31.4 Å². The van der Waals surface area contributed by atoms with Crippen molar-refractivity contribution in [3.05, 3.63) is 58.6 Å². The normalized spacial score (nSPS) is 24.6. The minimum Gasteiger partial charge on any atom is -0.422 e. The van der Waals surface area contributed by atoms with Crippen LogP contribution in [0.5, 0.6) is 0 Å². The van der Waals surface area contributed by atoms with Gasteiger partial charge in [-0.05, 0) is 36.8 Å². The number of nitrogens with zero attached hydrogens (tertiary/aromatic N) is 1. The van der Waals surface area contributed by atoms with E-state index in [4.69, 9.17) is 14.4 Å². The second kappa shape index (κ2) is 7.90. The monoisotopic (exact) mass is 399 g/mol. The Morgan fingerprint density at radius 1 is 1.21 bits per heavy atom. The van der Waals surface area contributed by atoms with Crippen LogP contribution in [0.2, 0.25) is 0 Å². The summed E-state index contributed by atoms with van der Waals surface area (Å²) in [6.07, 6.45) is -2.63. The van der Waals surface area contributed by atoms with Gasteiger partial charge < -0.3 is 25.1 Å². The van der Waals surface area contributed by atoms with Crippen molar-refractivity contribution in [1.82, 2.24) is 10.5 Å². The SMILES string of the molecule is Cc1c(-c2ccccn2)c(=O)oc2cc(NC3NOC(CO)[C@H](O)C3O)ccc12. The van der Waals surface area contributed by atoms with E-state index >= 15 is 0 Å². The van der Waals surface area contributed by atoms with Gasteiger partial charge in [-0.1, -0.05) is 6.07 Å². The number of anilines is 1. The number of aliphatic hydroxyl groups excluding tert-OH is 3. The molecule has 0 spiro atoms. The highest BCUT2D eigenvalue weighted by Gasteiger charge is 2.38. The summed E-state index contributed by atoms with van der Waals surface area (Å²) in [5.74, 6) is 0. The minimum atomic E-state index is -1.26. The Bertz CT molecular complexity index is 1070. The predicted molar refractivity (Wildman–Crippen MR) is 105 cm³/mol. The number of pyridine rings is 1. The van der Waals surface area contributed by atoms with Gasteiger partial charge in [-0.25, -0.2) is 4.79 Å². The van der Waals surface area contributed by atoms with Crippen molar-refractivity contribution in [3.8, 4) is 11.3 Å². The van der Waals surface area contributed by atoms with Crippen LogP contribution in [-0.2, 0) is 4.84 Å². The van der Waals surface area contributed by atoms with E-state index in [2.05, 4.69) is 15.8 Å². The molecule has 4 atom stereocenters. The third-order valence-corrected chi connectivity index (χ3v) is 5.01. The van der Waals surface area contributed by atoms with Crippen molar-refractivity contribution >= 4 is 16.7 Å². The Morgan fingerprint density at radius 3 is 2.76 bits per heavy atom. The first-order valence-electron chi connectivity index (χ1n) is 9.13.